The van der Waals surface area contributed by atoms with Crippen molar-refractivity contribution < 1.29 is 19.1 Å². The quantitative estimate of drug-likeness (QED) is 0.261. The molecule has 0 bridgehead atoms. The van der Waals surface area contributed by atoms with E-state index in [1.165, 1.54) is 0 Å². The molecule has 0 radical (unpaired) electrons. The van der Waals surface area contributed by atoms with Crippen LogP contribution in [-0.2, 0) is 22.5 Å². The number of carbonyl (C=O) groups excluding carboxylic acids is 2. The molecule has 0 fully saturated rings. The Labute approximate surface area is 236 Å². The summed E-state index contributed by atoms with van der Waals surface area (Å²) in [6.07, 6.45) is 0.780. The maximum atomic E-state index is 12.9. The predicted octanol–water partition coefficient (Wildman–Crippen LogP) is 8.49. The van der Waals surface area contributed by atoms with Crippen LogP contribution in [0.1, 0.15) is 38.3 Å². The van der Waals surface area contributed by atoms with Gasteiger partial charge in [0.05, 0.1) is 16.6 Å². The molecule has 9 heteroatoms. The van der Waals surface area contributed by atoms with Gasteiger partial charge in [-0.15, -0.1) is 0 Å². The molecule has 6 nitrogen and oxygen atoms in total. The lowest BCUT2D eigenvalue weighted by atomic mass is 10.1. The standard InChI is InChI=1S/C28H29BrCl2N2O4/c1-28(2,3)37-26(34)13-8-18-6-5-7-21(14-18)32-27(35)33(4)17-19-9-10-20(29)15-25(19)36-22-11-12-23(30)24(31)16-22/h5-7,9-12,14-16H,8,13,17H2,1-4H3,(H,32,35). The number of hydrogen-bond donors (Lipinski definition) is 1. The van der Waals surface area contributed by atoms with E-state index in [1.807, 2.05) is 57.2 Å². The lowest BCUT2D eigenvalue weighted by Crippen LogP contribution is -2.31. The van der Waals surface area contributed by atoms with E-state index in [1.54, 1.807) is 36.2 Å². The molecule has 0 saturated carbocycles. The van der Waals surface area contributed by atoms with E-state index in [-0.39, 0.29) is 18.4 Å². The van der Waals surface area contributed by atoms with E-state index < -0.39 is 5.60 Å². The van der Waals surface area contributed by atoms with Gasteiger partial charge in [-0.1, -0.05) is 57.3 Å². The summed E-state index contributed by atoms with van der Waals surface area (Å²) < 4.78 is 12.2. The maximum Gasteiger partial charge on any atom is 0.321 e. The van der Waals surface area contributed by atoms with Crippen LogP contribution >= 0.6 is 39.1 Å². The number of esters is 1. The molecule has 3 aromatic rings. The van der Waals surface area contributed by atoms with Crippen molar-refractivity contribution in [2.24, 2.45) is 0 Å². The van der Waals surface area contributed by atoms with Crippen LogP contribution in [0.5, 0.6) is 11.5 Å². The molecule has 0 aromatic heterocycles. The van der Waals surface area contributed by atoms with Gasteiger partial charge < -0.3 is 19.7 Å². The van der Waals surface area contributed by atoms with Crippen molar-refractivity contribution in [3.05, 3.63) is 86.3 Å². The maximum absolute atomic E-state index is 12.9. The molecular formula is C28H29BrCl2N2O4. The Kier molecular flexibility index (Phi) is 9.87. The first-order valence-corrected chi connectivity index (χ1v) is 13.2. The molecular weight excluding hydrogens is 579 g/mol. The van der Waals surface area contributed by atoms with Crippen LogP contribution in [0.4, 0.5) is 10.5 Å². The van der Waals surface area contributed by atoms with Crippen molar-refractivity contribution in [3.8, 4) is 11.5 Å². The number of anilines is 1. The zero-order valence-corrected chi connectivity index (χ0v) is 24.2. The van der Waals surface area contributed by atoms with E-state index in [4.69, 9.17) is 32.7 Å². The van der Waals surface area contributed by atoms with Gasteiger partial charge in [-0.3, -0.25) is 4.79 Å². The Morgan fingerprint density at radius 1 is 1.00 bits per heavy atom. The molecule has 0 aliphatic heterocycles. The third kappa shape index (κ3) is 9.26. The smallest absolute Gasteiger partial charge is 0.321 e. The molecule has 3 aromatic carbocycles. The van der Waals surface area contributed by atoms with Crippen molar-refractivity contribution >= 4 is 56.8 Å². The fourth-order valence-corrected chi connectivity index (χ4v) is 4.04. The average Bonchev–Trinajstić information content (AvgIpc) is 2.81. The molecule has 196 valence electrons. The van der Waals surface area contributed by atoms with Crippen LogP contribution in [-0.4, -0.2) is 29.5 Å². The van der Waals surface area contributed by atoms with Crippen LogP contribution in [0.2, 0.25) is 10.0 Å². The Balaban J connectivity index is 1.64. The highest BCUT2D eigenvalue weighted by Crippen LogP contribution is 2.33. The van der Waals surface area contributed by atoms with Crippen molar-refractivity contribution in [1.29, 1.82) is 0 Å². The van der Waals surface area contributed by atoms with E-state index in [9.17, 15) is 9.59 Å². The van der Waals surface area contributed by atoms with Gasteiger partial charge in [0, 0.05) is 35.3 Å². The highest BCUT2D eigenvalue weighted by molar-refractivity contribution is 9.10. The summed E-state index contributed by atoms with van der Waals surface area (Å²) in [5.41, 5.74) is 1.86. The van der Waals surface area contributed by atoms with Gasteiger partial charge in [-0.25, -0.2) is 4.79 Å². The number of benzene rings is 3. The Bertz CT molecular complexity index is 1280. The molecule has 0 heterocycles. The number of nitrogens with zero attached hydrogens (tertiary/aromatic N) is 1. The van der Waals surface area contributed by atoms with E-state index >= 15 is 0 Å². The number of aryl methyl sites for hydroxylation is 1. The second-order valence-corrected chi connectivity index (χ2v) is 11.2. The molecule has 3 rings (SSSR count). The van der Waals surface area contributed by atoms with Gasteiger partial charge in [0.2, 0.25) is 0 Å². The number of rotatable bonds is 8. The molecule has 0 saturated heterocycles. The number of amides is 2. The summed E-state index contributed by atoms with van der Waals surface area (Å²) in [5, 5.41) is 3.74. The first-order valence-electron chi connectivity index (χ1n) is 11.6. The van der Waals surface area contributed by atoms with Gasteiger partial charge in [-0.05, 0) is 69.2 Å². The molecule has 0 atom stereocenters. The third-order valence-corrected chi connectivity index (χ3v) is 6.35. The van der Waals surface area contributed by atoms with Crippen molar-refractivity contribution in [1.82, 2.24) is 4.90 Å². The fourth-order valence-electron chi connectivity index (χ4n) is 3.41. The molecule has 1 N–H and O–H groups in total. The summed E-state index contributed by atoms with van der Waals surface area (Å²) in [5.74, 6) is 0.857. The van der Waals surface area contributed by atoms with Crippen LogP contribution < -0.4 is 10.1 Å². The lowest BCUT2D eigenvalue weighted by molar-refractivity contribution is -0.154. The average molecular weight is 608 g/mol. The zero-order chi connectivity index (χ0) is 27.2. The van der Waals surface area contributed by atoms with Crippen LogP contribution in [0, 0.1) is 0 Å². The Morgan fingerprint density at radius 2 is 1.76 bits per heavy atom. The Morgan fingerprint density at radius 3 is 2.46 bits per heavy atom. The number of ether oxygens (including phenoxy) is 2. The normalized spacial score (nSPS) is 11.1. The summed E-state index contributed by atoms with van der Waals surface area (Å²) in [6, 6.07) is 17.8. The molecule has 2 amide bonds. The highest BCUT2D eigenvalue weighted by atomic mass is 79.9. The summed E-state index contributed by atoms with van der Waals surface area (Å²) in [6.45, 7) is 5.82. The van der Waals surface area contributed by atoms with Crippen LogP contribution in [0.15, 0.2) is 65.1 Å². The Hall–Kier alpha value is -2.74. The number of nitrogens with one attached hydrogen (secondary N) is 1. The minimum atomic E-state index is -0.515. The molecule has 0 aliphatic carbocycles. The SMILES string of the molecule is CN(Cc1ccc(Br)cc1Oc1ccc(Cl)c(Cl)c1)C(=O)Nc1cccc(CCC(=O)OC(C)(C)C)c1. The summed E-state index contributed by atoms with van der Waals surface area (Å²) in [7, 11) is 1.70. The molecule has 0 aliphatic rings. The van der Waals surface area contributed by atoms with Gasteiger partial charge in [0.25, 0.3) is 0 Å². The number of urea groups is 1. The van der Waals surface area contributed by atoms with Crippen LogP contribution in [0.25, 0.3) is 0 Å². The zero-order valence-electron chi connectivity index (χ0n) is 21.1. The van der Waals surface area contributed by atoms with E-state index in [0.717, 1.165) is 15.6 Å². The van der Waals surface area contributed by atoms with Crippen LogP contribution in [0.3, 0.4) is 0 Å². The lowest BCUT2D eigenvalue weighted by Gasteiger charge is -2.21. The van der Waals surface area contributed by atoms with Crippen molar-refractivity contribution in [2.45, 2.75) is 45.8 Å². The second-order valence-electron chi connectivity index (χ2n) is 9.50. The third-order valence-electron chi connectivity index (χ3n) is 5.12. The van der Waals surface area contributed by atoms with Gasteiger partial charge in [0.15, 0.2) is 0 Å². The van der Waals surface area contributed by atoms with E-state index in [2.05, 4.69) is 21.2 Å². The number of halogens is 3. The highest BCUT2D eigenvalue weighted by Gasteiger charge is 2.17. The van der Waals surface area contributed by atoms with Gasteiger partial charge >= 0.3 is 12.0 Å². The number of hydrogen-bond acceptors (Lipinski definition) is 4. The minimum Gasteiger partial charge on any atom is -0.460 e. The largest absolute Gasteiger partial charge is 0.460 e. The first kappa shape index (κ1) is 28.8. The molecule has 0 spiro atoms. The monoisotopic (exact) mass is 606 g/mol. The van der Waals surface area contributed by atoms with Gasteiger partial charge in [0.1, 0.15) is 17.1 Å². The summed E-state index contributed by atoms with van der Waals surface area (Å²) >= 11 is 15.6. The first-order chi connectivity index (χ1) is 17.4. The van der Waals surface area contributed by atoms with Gasteiger partial charge in [-0.2, -0.15) is 0 Å². The van der Waals surface area contributed by atoms with Crippen molar-refractivity contribution in [3.63, 3.8) is 0 Å². The summed E-state index contributed by atoms with van der Waals surface area (Å²) in [4.78, 5) is 26.5. The second kappa shape index (κ2) is 12.7. The topological polar surface area (TPSA) is 67.9 Å². The number of carbonyl (C=O) groups is 2. The fraction of sp³-hybridized carbons (Fsp3) is 0.286. The molecule has 37 heavy (non-hydrogen) atoms. The van der Waals surface area contributed by atoms with E-state index in [0.29, 0.717) is 40.2 Å². The minimum absolute atomic E-state index is 0.255. The van der Waals surface area contributed by atoms with Crippen molar-refractivity contribution in [2.75, 3.05) is 12.4 Å². The molecule has 0 unspecified atom stereocenters. The predicted molar refractivity (Wildman–Crippen MR) is 152 cm³/mol.